The fourth-order valence-electron chi connectivity index (χ4n) is 8.21. The second-order valence-corrected chi connectivity index (χ2v) is 11.4. The van der Waals surface area contributed by atoms with Gasteiger partial charge in [0.1, 0.15) is 11.7 Å². The predicted molar refractivity (Wildman–Crippen MR) is 123 cm³/mol. The number of nitrogens with zero attached hydrogens (tertiary/aromatic N) is 1. The third-order valence-electron chi connectivity index (χ3n) is 9.54. The Morgan fingerprint density at radius 3 is 2.56 bits per heavy atom. The zero-order valence-electron chi connectivity index (χ0n) is 19.7. The Labute approximate surface area is 190 Å². The van der Waals surface area contributed by atoms with Gasteiger partial charge in [-0.2, -0.15) is 0 Å². The van der Waals surface area contributed by atoms with Crippen molar-refractivity contribution in [2.24, 2.45) is 34.5 Å². The third kappa shape index (κ3) is 3.14. The summed E-state index contributed by atoms with van der Waals surface area (Å²) in [5, 5.41) is 2.86. The van der Waals surface area contributed by atoms with Crippen molar-refractivity contribution in [3.8, 4) is 0 Å². The number of allylic oxidation sites excluding steroid dienone is 2. The molecule has 0 bridgehead atoms. The van der Waals surface area contributed by atoms with E-state index >= 15 is 0 Å². The highest BCUT2D eigenvalue weighted by molar-refractivity contribution is 6.07. The SMILES string of the molecule is CC1=C2N(C)C(=O)C(C(=O)Nc3ccc(F)cc3)C[C@]2(C)[C@@H]2CC[C@]3(C)CCC[C@H]3[C@@H]2C1. The molecule has 1 heterocycles. The lowest BCUT2D eigenvalue weighted by Crippen LogP contribution is -2.57. The average molecular weight is 439 g/mol. The Morgan fingerprint density at radius 2 is 1.84 bits per heavy atom. The second-order valence-electron chi connectivity index (χ2n) is 11.4. The first-order valence-corrected chi connectivity index (χ1v) is 12.2. The molecule has 0 radical (unpaired) electrons. The van der Waals surface area contributed by atoms with Gasteiger partial charge in [-0.05, 0) is 92.9 Å². The van der Waals surface area contributed by atoms with Gasteiger partial charge in [0, 0.05) is 23.8 Å². The van der Waals surface area contributed by atoms with Gasteiger partial charge >= 0.3 is 0 Å². The molecule has 5 heteroatoms. The maximum atomic E-state index is 13.3. The van der Waals surface area contributed by atoms with Gasteiger partial charge in [-0.3, -0.25) is 9.59 Å². The maximum Gasteiger partial charge on any atom is 0.239 e. The normalized spacial score (nSPS) is 38.8. The van der Waals surface area contributed by atoms with Crippen molar-refractivity contribution < 1.29 is 14.0 Å². The van der Waals surface area contributed by atoms with Gasteiger partial charge in [0.25, 0.3) is 0 Å². The Balaban J connectivity index is 1.47. The number of carbonyl (C=O) groups is 2. The van der Waals surface area contributed by atoms with E-state index in [4.69, 9.17) is 0 Å². The zero-order chi connectivity index (χ0) is 22.8. The Kier molecular flexibility index (Phi) is 5.03. The molecule has 0 spiro atoms. The Morgan fingerprint density at radius 1 is 1.12 bits per heavy atom. The lowest BCUT2D eigenvalue weighted by molar-refractivity contribution is -0.147. The molecule has 5 rings (SSSR count). The Bertz CT molecular complexity index is 986. The van der Waals surface area contributed by atoms with Crippen LogP contribution in [-0.2, 0) is 9.59 Å². The van der Waals surface area contributed by atoms with Crippen molar-refractivity contribution in [1.29, 1.82) is 0 Å². The summed E-state index contributed by atoms with van der Waals surface area (Å²) in [5.74, 6) is 0.429. The number of fused-ring (bicyclic) bond motifs is 5. The number of piperidine rings is 1. The van der Waals surface area contributed by atoms with Gasteiger partial charge in [0.2, 0.25) is 11.8 Å². The topological polar surface area (TPSA) is 49.4 Å². The van der Waals surface area contributed by atoms with E-state index in [1.54, 1.807) is 17.0 Å². The molecule has 172 valence electrons. The molecule has 2 saturated carbocycles. The quantitative estimate of drug-likeness (QED) is 0.597. The van der Waals surface area contributed by atoms with Crippen molar-refractivity contribution in [3.63, 3.8) is 0 Å². The lowest BCUT2D eigenvalue weighted by Gasteiger charge is -2.59. The van der Waals surface area contributed by atoms with Crippen molar-refractivity contribution in [3.05, 3.63) is 41.4 Å². The first-order chi connectivity index (χ1) is 15.1. The first kappa shape index (κ1) is 21.7. The van der Waals surface area contributed by atoms with E-state index < -0.39 is 5.92 Å². The highest BCUT2D eigenvalue weighted by Crippen LogP contribution is 2.65. The molecule has 1 saturated heterocycles. The van der Waals surface area contributed by atoms with Crippen molar-refractivity contribution in [1.82, 2.24) is 4.90 Å². The summed E-state index contributed by atoms with van der Waals surface area (Å²) in [6.07, 6.45) is 8.07. The maximum absolute atomic E-state index is 13.3. The molecular weight excluding hydrogens is 403 g/mol. The number of carbonyl (C=O) groups excluding carboxylic acids is 2. The van der Waals surface area contributed by atoms with Crippen LogP contribution in [0, 0.1) is 40.3 Å². The van der Waals surface area contributed by atoms with Gasteiger partial charge in [0.05, 0.1) is 0 Å². The standard InChI is InChI=1S/C27H35FN2O2/c1-16-14-19-21-6-5-12-26(21,2)13-11-22(19)27(3)15-20(25(32)30(4)23(16)27)24(31)29-18-9-7-17(28)8-10-18/h7-10,19-22H,5-6,11-15H2,1-4H3,(H,29,31)/t19-,20?,21-,22+,26-,27+/m0/s1. The van der Waals surface area contributed by atoms with Gasteiger partial charge < -0.3 is 10.2 Å². The van der Waals surface area contributed by atoms with E-state index in [0.29, 0.717) is 29.4 Å². The molecule has 1 aliphatic heterocycles. The number of hydrogen-bond donors (Lipinski definition) is 1. The molecule has 4 aliphatic rings. The fourth-order valence-corrected chi connectivity index (χ4v) is 8.21. The largest absolute Gasteiger partial charge is 0.325 e. The number of anilines is 1. The number of hydrogen-bond acceptors (Lipinski definition) is 2. The summed E-state index contributed by atoms with van der Waals surface area (Å²) < 4.78 is 13.3. The van der Waals surface area contributed by atoms with E-state index in [0.717, 1.165) is 18.0 Å². The molecule has 4 nitrogen and oxygen atoms in total. The predicted octanol–water partition coefficient (Wildman–Crippen LogP) is 5.76. The summed E-state index contributed by atoms with van der Waals surface area (Å²) in [6.45, 7) is 7.00. The molecule has 1 aromatic rings. The number of nitrogens with one attached hydrogen (secondary N) is 1. The van der Waals surface area contributed by atoms with E-state index in [-0.39, 0.29) is 23.0 Å². The van der Waals surface area contributed by atoms with E-state index in [9.17, 15) is 14.0 Å². The minimum Gasteiger partial charge on any atom is -0.325 e. The highest BCUT2D eigenvalue weighted by atomic mass is 19.1. The van der Waals surface area contributed by atoms with Crippen LogP contribution in [-0.4, -0.2) is 23.8 Å². The van der Waals surface area contributed by atoms with Crippen LogP contribution in [0.15, 0.2) is 35.5 Å². The van der Waals surface area contributed by atoms with Crippen molar-refractivity contribution >= 4 is 17.5 Å². The van der Waals surface area contributed by atoms with Crippen LogP contribution < -0.4 is 5.32 Å². The Hall–Kier alpha value is -2.17. The third-order valence-corrected chi connectivity index (χ3v) is 9.54. The average Bonchev–Trinajstić information content (AvgIpc) is 3.14. The van der Waals surface area contributed by atoms with Crippen LogP contribution in [0.4, 0.5) is 10.1 Å². The van der Waals surface area contributed by atoms with Crippen LogP contribution in [0.5, 0.6) is 0 Å². The molecule has 32 heavy (non-hydrogen) atoms. The van der Waals surface area contributed by atoms with Gasteiger partial charge in [-0.15, -0.1) is 0 Å². The molecule has 2 amide bonds. The summed E-state index contributed by atoms with van der Waals surface area (Å²) in [5.41, 5.74) is 3.31. The van der Waals surface area contributed by atoms with Crippen LogP contribution in [0.1, 0.15) is 65.7 Å². The molecule has 3 fully saturated rings. The molecule has 6 atom stereocenters. The summed E-state index contributed by atoms with van der Waals surface area (Å²) in [7, 11) is 1.85. The fraction of sp³-hybridized carbons (Fsp3) is 0.630. The van der Waals surface area contributed by atoms with Crippen molar-refractivity contribution in [2.75, 3.05) is 12.4 Å². The van der Waals surface area contributed by atoms with E-state index in [1.165, 1.54) is 49.8 Å². The van der Waals surface area contributed by atoms with Crippen LogP contribution >= 0.6 is 0 Å². The number of benzene rings is 1. The molecule has 3 aliphatic carbocycles. The summed E-state index contributed by atoms with van der Waals surface area (Å²) >= 11 is 0. The van der Waals surface area contributed by atoms with Crippen molar-refractivity contribution in [2.45, 2.75) is 65.7 Å². The van der Waals surface area contributed by atoms with Crippen LogP contribution in [0.25, 0.3) is 0 Å². The number of rotatable bonds is 2. The molecule has 1 aromatic carbocycles. The summed E-state index contributed by atoms with van der Waals surface area (Å²) in [4.78, 5) is 28.3. The lowest BCUT2D eigenvalue weighted by atomic mass is 9.48. The molecule has 0 aromatic heterocycles. The van der Waals surface area contributed by atoms with E-state index in [2.05, 4.69) is 26.1 Å². The summed E-state index contributed by atoms with van der Waals surface area (Å²) in [6, 6.07) is 5.73. The minimum atomic E-state index is -0.720. The number of likely N-dealkylation sites (tertiary alicyclic amines) is 1. The minimum absolute atomic E-state index is 0.128. The monoisotopic (exact) mass is 438 g/mol. The van der Waals surface area contributed by atoms with Crippen LogP contribution in [0.2, 0.25) is 0 Å². The molecule has 1 N–H and O–H groups in total. The number of halogens is 1. The zero-order valence-corrected chi connectivity index (χ0v) is 19.7. The van der Waals surface area contributed by atoms with Gasteiger partial charge in [-0.25, -0.2) is 4.39 Å². The number of amides is 2. The van der Waals surface area contributed by atoms with Gasteiger partial charge in [0.15, 0.2) is 0 Å². The molecule has 1 unspecified atom stereocenters. The first-order valence-electron chi connectivity index (χ1n) is 12.2. The van der Waals surface area contributed by atoms with E-state index in [1.807, 2.05) is 7.05 Å². The smallest absolute Gasteiger partial charge is 0.239 e. The second kappa shape index (κ2) is 7.43. The van der Waals surface area contributed by atoms with Crippen LogP contribution in [0.3, 0.4) is 0 Å². The molecular formula is C27H35FN2O2. The highest BCUT2D eigenvalue weighted by Gasteiger charge is 2.60. The van der Waals surface area contributed by atoms with Gasteiger partial charge in [-0.1, -0.05) is 25.8 Å².